The number of hydrogen-bond acceptors (Lipinski definition) is 2. The molecule has 0 radical (unpaired) electrons. The molecule has 0 saturated carbocycles. The van der Waals surface area contributed by atoms with E-state index in [1.807, 2.05) is 12.1 Å². The largest absolute Gasteiger partial charge is 0.493 e. The fourth-order valence-electron chi connectivity index (χ4n) is 4.47. The number of aryl methyl sites for hydroxylation is 1. The molecule has 3 aromatic rings. The van der Waals surface area contributed by atoms with Gasteiger partial charge in [0.1, 0.15) is 11.6 Å². The van der Waals surface area contributed by atoms with E-state index in [2.05, 4.69) is 26.0 Å². The van der Waals surface area contributed by atoms with E-state index in [4.69, 9.17) is 4.74 Å². The third kappa shape index (κ3) is 7.94. The van der Waals surface area contributed by atoms with Gasteiger partial charge in [-0.3, -0.25) is 0 Å². The molecule has 3 aromatic carbocycles. The lowest BCUT2D eigenvalue weighted by Crippen LogP contribution is -1.99. The monoisotopic (exact) mass is 490 g/mol. The highest BCUT2D eigenvalue weighted by Crippen LogP contribution is 2.36. The van der Waals surface area contributed by atoms with Gasteiger partial charge in [-0.15, -0.1) is 0 Å². The molecule has 4 heteroatoms. The lowest BCUT2D eigenvalue weighted by molar-refractivity contribution is 0.0697. The quantitative estimate of drug-likeness (QED) is 0.216. The van der Waals surface area contributed by atoms with Crippen LogP contribution in [-0.4, -0.2) is 17.7 Å². The average Bonchev–Trinajstić information content (AvgIpc) is 2.89. The van der Waals surface area contributed by atoms with E-state index in [9.17, 15) is 9.90 Å². The van der Waals surface area contributed by atoms with Crippen LogP contribution in [0.2, 0.25) is 0 Å². The van der Waals surface area contributed by atoms with Gasteiger partial charge in [0.25, 0.3) is 0 Å². The van der Waals surface area contributed by atoms with Crippen molar-refractivity contribution in [1.82, 2.24) is 0 Å². The van der Waals surface area contributed by atoms with Crippen LogP contribution in [0.5, 0.6) is 5.75 Å². The highest BCUT2D eigenvalue weighted by atomic mass is 19.1. The Hall–Kier alpha value is -3.14. The van der Waals surface area contributed by atoms with Crippen molar-refractivity contribution in [3.05, 3.63) is 77.6 Å². The van der Waals surface area contributed by atoms with Crippen molar-refractivity contribution in [1.29, 1.82) is 0 Å². The molecule has 0 unspecified atom stereocenters. The number of benzene rings is 3. The topological polar surface area (TPSA) is 46.5 Å². The van der Waals surface area contributed by atoms with Gasteiger partial charge in [0.15, 0.2) is 0 Å². The number of aromatic carboxylic acids is 1. The Bertz CT molecular complexity index is 1100. The number of ether oxygens (including phenoxy) is 1. The molecule has 0 heterocycles. The summed E-state index contributed by atoms with van der Waals surface area (Å²) < 4.78 is 21.1. The summed E-state index contributed by atoms with van der Waals surface area (Å²) in [4.78, 5) is 11.3. The van der Waals surface area contributed by atoms with Crippen LogP contribution in [0, 0.1) is 5.82 Å². The average molecular weight is 491 g/mol. The number of carbonyl (C=O) groups is 1. The predicted molar refractivity (Wildman–Crippen MR) is 146 cm³/mol. The summed E-state index contributed by atoms with van der Waals surface area (Å²) in [6.45, 7) is 4.95. The molecule has 192 valence electrons. The summed E-state index contributed by atoms with van der Waals surface area (Å²) in [6, 6.07) is 18.1. The fourth-order valence-corrected chi connectivity index (χ4v) is 4.47. The van der Waals surface area contributed by atoms with Crippen molar-refractivity contribution in [2.75, 3.05) is 6.61 Å². The Kier molecular flexibility index (Phi) is 11.0. The minimum absolute atomic E-state index is 0.232. The Morgan fingerprint density at radius 1 is 0.750 bits per heavy atom. The van der Waals surface area contributed by atoms with Crippen molar-refractivity contribution in [2.45, 2.75) is 78.1 Å². The molecule has 0 aliphatic heterocycles. The summed E-state index contributed by atoms with van der Waals surface area (Å²) in [6.07, 6.45) is 11.5. The summed E-state index contributed by atoms with van der Waals surface area (Å²) in [5.74, 6) is -0.734. The second-order valence-corrected chi connectivity index (χ2v) is 9.48. The van der Waals surface area contributed by atoms with Crippen LogP contribution in [-0.2, 0) is 6.42 Å². The Labute approximate surface area is 215 Å². The molecule has 0 spiro atoms. The molecule has 0 aliphatic rings. The highest BCUT2D eigenvalue weighted by molar-refractivity contribution is 5.90. The van der Waals surface area contributed by atoms with Crippen LogP contribution in [0.4, 0.5) is 4.39 Å². The van der Waals surface area contributed by atoms with Gasteiger partial charge in [-0.2, -0.15) is 0 Å². The van der Waals surface area contributed by atoms with Gasteiger partial charge in [-0.1, -0.05) is 89.1 Å². The van der Waals surface area contributed by atoms with E-state index < -0.39 is 5.97 Å². The molecule has 0 bridgehead atoms. The van der Waals surface area contributed by atoms with Crippen LogP contribution < -0.4 is 4.74 Å². The Morgan fingerprint density at radius 2 is 1.42 bits per heavy atom. The zero-order chi connectivity index (χ0) is 25.8. The predicted octanol–water partition coefficient (Wildman–Crippen LogP) is 9.33. The lowest BCUT2D eigenvalue weighted by atomic mass is 9.91. The molecule has 0 amide bonds. The molecule has 0 saturated heterocycles. The normalized spacial score (nSPS) is 11.0. The minimum atomic E-state index is -0.961. The smallest absolute Gasteiger partial charge is 0.335 e. The van der Waals surface area contributed by atoms with E-state index >= 15 is 4.39 Å². The molecular weight excluding hydrogens is 451 g/mol. The molecule has 3 nitrogen and oxygen atoms in total. The van der Waals surface area contributed by atoms with E-state index in [0.717, 1.165) is 48.8 Å². The second kappa shape index (κ2) is 14.4. The van der Waals surface area contributed by atoms with E-state index in [-0.39, 0.29) is 11.4 Å². The molecule has 3 rings (SSSR count). The Balaban J connectivity index is 1.87. The number of carboxylic acid groups (broad SMARTS) is 1. The van der Waals surface area contributed by atoms with Crippen molar-refractivity contribution in [3.63, 3.8) is 0 Å². The van der Waals surface area contributed by atoms with Gasteiger partial charge in [0, 0.05) is 11.6 Å². The molecule has 36 heavy (non-hydrogen) atoms. The molecule has 0 atom stereocenters. The Morgan fingerprint density at radius 3 is 2.11 bits per heavy atom. The SMILES string of the molecule is CCCCCCCCc1ccc(-c2ccc(C(=O)O)cc2)c(-c2ccc(OCCCCC)cc2F)c1. The first-order valence-corrected chi connectivity index (χ1v) is 13.4. The van der Waals surface area contributed by atoms with Crippen molar-refractivity contribution in [3.8, 4) is 28.0 Å². The summed E-state index contributed by atoms with van der Waals surface area (Å²) in [7, 11) is 0. The first-order valence-electron chi connectivity index (χ1n) is 13.4. The minimum Gasteiger partial charge on any atom is -0.493 e. The van der Waals surface area contributed by atoms with Crippen LogP contribution in [0.3, 0.4) is 0 Å². The zero-order valence-electron chi connectivity index (χ0n) is 21.7. The summed E-state index contributed by atoms with van der Waals surface area (Å²) >= 11 is 0. The van der Waals surface area contributed by atoms with Crippen molar-refractivity contribution >= 4 is 5.97 Å². The maximum atomic E-state index is 15.4. The summed E-state index contributed by atoms with van der Waals surface area (Å²) in [5, 5.41) is 9.26. The second-order valence-electron chi connectivity index (χ2n) is 9.48. The first-order chi connectivity index (χ1) is 17.5. The van der Waals surface area contributed by atoms with Gasteiger partial charge in [-0.05, 0) is 65.8 Å². The lowest BCUT2D eigenvalue weighted by Gasteiger charge is -2.15. The van der Waals surface area contributed by atoms with Gasteiger partial charge in [0.2, 0.25) is 0 Å². The van der Waals surface area contributed by atoms with Crippen LogP contribution in [0.25, 0.3) is 22.3 Å². The molecule has 0 fully saturated rings. The number of carboxylic acids is 1. The van der Waals surface area contributed by atoms with Crippen LogP contribution in [0.15, 0.2) is 60.7 Å². The third-order valence-corrected chi connectivity index (χ3v) is 6.59. The maximum Gasteiger partial charge on any atom is 0.335 e. The first kappa shape index (κ1) is 27.4. The van der Waals surface area contributed by atoms with Gasteiger partial charge in [0.05, 0.1) is 12.2 Å². The molecular formula is C32H39FO3. The molecule has 0 aliphatic carbocycles. The maximum absolute atomic E-state index is 15.4. The number of rotatable bonds is 15. The van der Waals surface area contributed by atoms with Crippen molar-refractivity contribution in [2.24, 2.45) is 0 Å². The van der Waals surface area contributed by atoms with Crippen molar-refractivity contribution < 1.29 is 19.0 Å². The van der Waals surface area contributed by atoms with E-state index in [1.54, 1.807) is 30.3 Å². The highest BCUT2D eigenvalue weighted by Gasteiger charge is 2.14. The van der Waals surface area contributed by atoms with E-state index in [1.165, 1.54) is 43.7 Å². The van der Waals surface area contributed by atoms with Gasteiger partial charge >= 0.3 is 5.97 Å². The fraction of sp³-hybridized carbons (Fsp3) is 0.406. The van der Waals surface area contributed by atoms with E-state index in [0.29, 0.717) is 17.9 Å². The van der Waals surface area contributed by atoms with Gasteiger partial charge < -0.3 is 9.84 Å². The number of halogens is 1. The molecule has 1 N–H and O–H groups in total. The van der Waals surface area contributed by atoms with Crippen LogP contribution >= 0.6 is 0 Å². The van der Waals surface area contributed by atoms with Gasteiger partial charge in [-0.25, -0.2) is 9.18 Å². The number of unbranched alkanes of at least 4 members (excludes halogenated alkanes) is 7. The zero-order valence-corrected chi connectivity index (χ0v) is 21.7. The third-order valence-electron chi connectivity index (χ3n) is 6.59. The standard InChI is InChI=1S/C32H39FO3/c1-3-5-7-8-9-10-12-24-13-19-28(25-14-16-26(17-15-25)32(34)35)30(22-24)29-20-18-27(23-31(29)33)36-21-11-6-4-2/h13-20,22-23H,3-12,21H2,1-2H3,(H,34,35). The number of hydrogen-bond donors (Lipinski definition) is 1. The molecule has 0 aromatic heterocycles. The van der Waals surface area contributed by atoms with Crippen LogP contribution in [0.1, 0.15) is 87.6 Å². The summed E-state index contributed by atoms with van der Waals surface area (Å²) in [5.41, 5.74) is 4.51.